The van der Waals surface area contributed by atoms with E-state index < -0.39 is 0 Å². The number of nitrogens with zero attached hydrogens (tertiary/aromatic N) is 3. The summed E-state index contributed by atoms with van der Waals surface area (Å²) in [6.45, 7) is 2.60. The maximum absolute atomic E-state index is 13.1. The van der Waals surface area contributed by atoms with Crippen LogP contribution in [0.25, 0.3) is 11.0 Å². The summed E-state index contributed by atoms with van der Waals surface area (Å²) < 4.78 is 16.3. The first-order chi connectivity index (χ1) is 16.4. The number of amides is 2. The fraction of sp³-hybridized carbons (Fsp3) is 0.400. The van der Waals surface area contributed by atoms with Crippen molar-refractivity contribution in [1.82, 2.24) is 14.8 Å². The van der Waals surface area contributed by atoms with E-state index in [1.165, 1.54) is 7.11 Å². The van der Waals surface area contributed by atoms with E-state index in [0.717, 1.165) is 24.6 Å². The highest BCUT2D eigenvalue weighted by atomic mass is 35.5. The molecule has 9 heteroatoms. The maximum Gasteiger partial charge on any atom is 0.289 e. The Kier molecular flexibility index (Phi) is 5.85. The van der Waals surface area contributed by atoms with E-state index in [-0.39, 0.29) is 22.4 Å². The van der Waals surface area contributed by atoms with Crippen LogP contribution in [0.5, 0.6) is 11.6 Å². The van der Waals surface area contributed by atoms with Crippen molar-refractivity contribution in [3.8, 4) is 11.6 Å². The van der Waals surface area contributed by atoms with Gasteiger partial charge in [0.05, 0.1) is 14.2 Å². The van der Waals surface area contributed by atoms with E-state index in [0.29, 0.717) is 54.7 Å². The Balaban J connectivity index is 1.24. The summed E-state index contributed by atoms with van der Waals surface area (Å²) in [4.78, 5) is 34.0. The van der Waals surface area contributed by atoms with E-state index in [1.807, 2.05) is 28.0 Å². The molecule has 0 aliphatic carbocycles. The van der Waals surface area contributed by atoms with Crippen LogP contribution in [-0.4, -0.2) is 67.0 Å². The Labute approximate surface area is 202 Å². The van der Waals surface area contributed by atoms with E-state index in [1.54, 1.807) is 25.3 Å². The monoisotopic (exact) mass is 483 g/mol. The fourth-order valence-electron chi connectivity index (χ4n) is 5.04. The number of piperidine rings is 1. The number of likely N-dealkylation sites (tertiary alicyclic amines) is 2. The second-order valence-electron chi connectivity index (χ2n) is 8.98. The molecule has 2 aliphatic heterocycles. The number of rotatable bonds is 4. The quantitative estimate of drug-likeness (QED) is 0.515. The number of carbonyl (C=O) groups excluding carboxylic acids is 2. The van der Waals surface area contributed by atoms with Crippen LogP contribution in [-0.2, 0) is 0 Å². The zero-order chi connectivity index (χ0) is 23.9. The Morgan fingerprint density at radius 2 is 1.74 bits per heavy atom. The van der Waals surface area contributed by atoms with E-state index >= 15 is 0 Å². The van der Waals surface area contributed by atoms with Crippen LogP contribution in [0, 0.1) is 5.41 Å². The van der Waals surface area contributed by atoms with Crippen LogP contribution >= 0.6 is 11.6 Å². The Hall–Kier alpha value is -3.26. The molecular weight excluding hydrogens is 458 g/mol. The van der Waals surface area contributed by atoms with Crippen LogP contribution in [0.1, 0.15) is 40.2 Å². The summed E-state index contributed by atoms with van der Waals surface area (Å²) in [7, 11) is 3.08. The molecule has 0 N–H and O–H groups in total. The zero-order valence-electron chi connectivity index (χ0n) is 19.2. The van der Waals surface area contributed by atoms with Crippen molar-refractivity contribution in [2.75, 3.05) is 40.4 Å². The maximum atomic E-state index is 13.1. The van der Waals surface area contributed by atoms with Crippen LogP contribution < -0.4 is 9.47 Å². The van der Waals surface area contributed by atoms with Gasteiger partial charge < -0.3 is 23.7 Å². The van der Waals surface area contributed by atoms with Crippen molar-refractivity contribution in [1.29, 1.82) is 0 Å². The van der Waals surface area contributed by atoms with Crippen LogP contribution in [0.3, 0.4) is 0 Å². The van der Waals surface area contributed by atoms with Gasteiger partial charge >= 0.3 is 0 Å². The molecule has 0 saturated carbocycles. The first-order valence-corrected chi connectivity index (χ1v) is 11.7. The van der Waals surface area contributed by atoms with Gasteiger partial charge in [-0.2, -0.15) is 0 Å². The van der Waals surface area contributed by atoms with Crippen molar-refractivity contribution in [2.45, 2.75) is 19.3 Å². The average molecular weight is 484 g/mol. The number of carbonyl (C=O) groups is 2. The van der Waals surface area contributed by atoms with Gasteiger partial charge in [-0.15, -0.1) is 0 Å². The molecule has 4 heterocycles. The second-order valence-corrected chi connectivity index (χ2v) is 9.37. The summed E-state index contributed by atoms with van der Waals surface area (Å²) in [5, 5.41) is 1.07. The first-order valence-electron chi connectivity index (χ1n) is 11.3. The van der Waals surface area contributed by atoms with Crippen molar-refractivity contribution in [3.05, 3.63) is 52.9 Å². The lowest BCUT2D eigenvalue weighted by Crippen LogP contribution is -2.44. The minimum atomic E-state index is -0.113. The number of pyridine rings is 1. The van der Waals surface area contributed by atoms with Crippen molar-refractivity contribution < 1.29 is 23.5 Å². The lowest BCUT2D eigenvalue weighted by atomic mass is 9.77. The van der Waals surface area contributed by atoms with Gasteiger partial charge in [0, 0.05) is 43.2 Å². The SMILES string of the molecule is COc1cc(C(=O)N2CCC3(CCN(C(=O)c4cc5cccc(OC)c5o4)CC3)C2)cc(Cl)n1. The third-order valence-electron chi connectivity index (χ3n) is 7.00. The third kappa shape index (κ3) is 4.07. The van der Waals surface area contributed by atoms with E-state index in [4.69, 9.17) is 25.5 Å². The number of halogens is 1. The average Bonchev–Trinajstić information content (AvgIpc) is 3.48. The van der Waals surface area contributed by atoms with Gasteiger partial charge in [0.25, 0.3) is 11.8 Å². The summed E-state index contributed by atoms with van der Waals surface area (Å²) in [6.07, 6.45) is 2.59. The topological polar surface area (TPSA) is 85.1 Å². The van der Waals surface area contributed by atoms with Gasteiger partial charge in [0.15, 0.2) is 17.1 Å². The Morgan fingerprint density at radius 3 is 2.44 bits per heavy atom. The molecule has 0 atom stereocenters. The second kappa shape index (κ2) is 8.83. The molecule has 1 aromatic carbocycles. The smallest absolute Gasteiger partial charge is 0.289 e. The van der Waals surface area contributed by atoms with Crippen molar-refractivity contribution in [2.24, 2.45) is 5.41 Å². The lowest BCUT2D eigenvalue weighted by Gasteiger charge is -2.39. The van der Waals surface area contributed by atoms with Gasteiger partial charge in [-0.1, -0.05) is 23.7 Å². The van der Waals surface area contributed by atoms with Gasteiger partial charge in [0.2, 0.25) is 5.88 Å². The number of hydrogen-bond donors (Lipinski definition) is 0. The Morgan fingerprint density at radius 1 is 1.00 bits per heavy atom. The molecule has 3 aromatic rings. The molecule has 5 rings (SSSR count). The summed E-state index contributed by atoms with van der Waals surface area (Å²) in [6, 6.07) is 10.5. The number of furan rings is 1. The number of aromatic nitrogens is 1. The van der Waals surface area contributed by atoms with Crippen molar-refractivity contribution in [3.63, 3.8) is 0 Å². The van der Waals surface area contributed by atoms with Gasteiger partial charge in [0.1, 0.15) is 5.15 Å². The normalized spacial score (nSPS) is 17.4. The third-order valence-corrected chi connectivity index (χ3v) is 7.20. The van der Waals surface area contributed by atoms with Crippen LogP contribution in [0.4, 0.5) is 0 Å². The number of methoxy groups -OCH3 is 2. The van der Waals surface area contributed by atoms with E-state index in [9.17, 15) is 9.59 Å². The van der Waals surface area contributed by atoms with Crippen LogP contribution in [0.2, 0.25) is 5.15 Å². The minimum absolute atomic E-state index is 0.0183. The number of para-hydroxylation sites is 1. The molecule has 34 heavy (non-hydrogen) atoms. The predicted molar refractivity (Wildman–Crippen MR) is 127 cm³/mol. The molecule has 0 unspecified atom stereocenters. The number of fused-ring (bicyclic) bond motifs is 1. The lowest BCUT2D eigenvalue weighted by molar-refractivity contribution is 0.0542. The highest BCUT2D eigenvalue weighted by Crippen LogP contribution is 2.41. The summed E-state index contributed by atoms with van der Waals surface area (Å²) in [5.74, 6) is 1.06. The standard InChI is InChI=1S/C25H26ClN3O5/c1-32-18-5-3-4-16-12-19(34-22(16)18)24(31)28-9-6-25(7-10-28)8-11-29(15-25)23(30)17-13-20(26)27-21(14-17)33-2/h3-5,12-14H,6-11,15H2,1-2H3. The molecule has 178 valence electrons. The zero-order valence-corrected chi connectivity index (χ0v) is 19.9. The molecule has 2 fully saturated rings. The van der Waals surface area contributed by atoms with Gasteiger partial charge in [-0.3, -0.25) is 9.59 Å². The molecule has 8 nitrogen and oxygen atoms in total. The Bertz CT molecular complexity index is 1250. The predicted octanol–water partition coefficient (Wildman–Crippen LogP) is 4.27. The van der Waals surface area contributed by atoms with Crippen LogP contribution in [0.15, 0.2) is 40.8 Å². The molecule has 1 spiro atoms. The molecule has 2 amide bonds. The molecule has 2 saturated heterocycles. The fourth-order valence-corrected chi connectivity index (χ4v) is 5.24. The van der Waals surface area contributed by atoms with E-state index in [2.05, 4.69) is 4.98 Å². The number of benzene rings is 1. The highest BCUT2D eigenvalue weighted by molar-refractivity contribution is 6.29. The van der Waals surface area contributed by atoms with Gasteiger partial charge in [-0.25, -0.2) is 4.98 Å². The first kappa shape index (κ1) is 22.5. The van der Waals surface area contributed by atoms with Gasteiger partial charge in [-0.05, 0) is 42.9 Å². The highest BCUT2D eigenvalue weighted by Gasteiger charge is 2.43. The summed E-state index contributed by atoms with van der Waals surface area (Å²) >= 11 is 6.05. The molecule has 2 aliphatic rings. The molecular formula is C25H26ClN3O5. The molecule has 2 aromatic heterocycles. The number of hydrogen-bond acceptors (Lipinski definition) is 6. The number of ether oxygens (including phenoxy) is 2. The molecule has 0 radical (unpaired) electrons. The van der Waals surface area contributed by atoms with Crippen molar-refractivity contribution >= 4 is 34.4 Å². The summed E-state index contributed by atoms with van der Waals surface area (Å²) in [5.41, 5.74) is 1.08. The molecule has 0 bridgehead atoms. The minimum Gasteiger partial charge on any atom is -0.493 e. The largest absolute Gasteiger partial charge is 0.493 e.